The maximum absolute atomic E-state index is 13.9. The Kier molecular flexibility index (Phi) is 9.29. The number of para-hydroxylation sites is 1. The molecule has 0 bridgehead atoms. The lowest BCUT2D eigenvalue weighted by molar-refractivity contribution is -0.136. The minimum Gasteiger partial charge on any atom is -0.444 e. The molecule has 1 aliphatic rings. The molecule has 10 nitrogen and oxygen atoms in total. The van der Waals surface area contributed by atoms with Crippen molar-refractivity contribution < 1.29 is 26.9 Å². The molecule has 0 aliphatic carbocycles. The summed E-state index contributed by atoms with van der Waals surface area (Å²) in [6, 6.07) is 22.3. The number of rotatable bonds is 8. The van der Waals surface area contributed by atoms with Crippen molar-refractivity contribution in [2.24, 2.45) is 0 Å². The molecule has 4 aromatic rings. The molecule has 236 valence electrons. The van der Waals surface area contributed by atoms with Crippen LogP contribution < -0.4 is 9.08 Å². The fourth-order valence-corrected chi connectivity index (χ4v) is 6.43. The quantitative estimate of drug-likeness (QED) is 0.247. The summed E-state index contributed by atoms with van der Waals surface area (Å²) in [6.07, 6.45) is 2.74. The van der Waals surface area contributed by atoms with Crippen LogP contribution in [0.2, 0.25) is 0 Å². The molecule has 1 unspecified atom stereocenters. The van der Waals surface area contributed by atoms with Crippen LogP contribution in [0, 0.1) is 0 Å². The van der Waals surface area contributed by atoms with Crippen LogP contribution in [0.25, 0.3) is 10.8 Å². The Bertz CT molecular complexity index is 1740. The van der Waals surface area contributed by atoms with Gasteiger partial charge in [0.05, 0.1) is 0 Å². The van der Waals surface area contributed by atoms with Crippen LogP contribution in [-0.4, -0.2) is 80.1 Å². The summed E-state index contributed by atoms with van der Waals surface area (Å²) in [6.45, 7) is 7.71. The number of carbonyl (C=O) groups is 2. The van der Waals surface area contributed by atoms with Gasteiger partial charge >= 0.3 is 16.2 Å². The first-order valence-corrected chi connectivity index (χ1v) is 16.2. The van der Waals surface area contributed by atoms with E-state index < -0.39 is 27.9 Å². The van der Waals surface area contributed by atoms with E-state index in [-0.39, 0.29) is 23.0 Å². The van der Waals surface area contributed by atoms with E-state index in [1.54, 1.807) is 81.4 Å². The standard InChI is InChI=1S/C34H38N4O6S/c1-34(2,3)43-33(40)36(4)30(32(39)38-21-19-37(20-22-38)27-10-6-5-7-11-27)23-25-13-15-28(16-14-25)44-45(41,42)31-12-8-9-26-24-35-18-17-29(26)31/h5-18,24,30H,19-23H2,1-4H3. The zero-order valence-electron chi connectivity index (χ0n) is 25.9. The van der Waals surface area contributed by atoms with Crippen molar-refractivity contribution in [3.63, 3.8) is 0 Å². The predicted octanol–water partition coefficient (Wildman–Crippen LogP) is 5.13. The number of ether oxygens (including phenoxy) is 1. The monoisotopic (exact) mass is 630 g/mol. The SMILES string of the molecule is CN(C(=O)OC(C)(C)C)C(Cc1ccc(OS(=O)(=O)c2cccc3cnccc23)cc1)C(=O)N1CCN(c2ccccc2)CC1. The van der Waals surface area contributed by atoms with Crippen molar-refractivity contribution in [2.45, 2.75) is 43.7 Å². The highest BCUT2D eigenvalue weighted by molar-refractivity contribution is 7.87. The highest BCUT2D eigenvalue weighted by atomic mass is 32.2. The Balaban J connectivity index is 1.32. The van der Waals surface area contributed by atoms with Crippen LogP contribution in [0.3, 0.4) is 0 Å². The second kappa shape index (κ2) is 13.2. The summed E-state index contributed by atoms with van der Waals surface area (Å²) in [4.78, 5) is 36.5. The van der Waals surface area contributed by atoms with Gasteiger partial charge in [-0.1, -0.05) is 42.5 Å². The van der Waals surface area contributed by atoms with Gasteiger partial charge in [-0.05, 0) is 62.7 Å². The number of likely N-dealkylation sites (N-methyl/N-ethyl adjacent to an activating group) is 1. The minimum atomic E-state index is -4.13. The van der Waals surface area contributed by atoms with Gasteiger partial charge in [-0.15, -0.1) is 0 Å². The van der Waals surface area contributed by atoms with Gasteiger partial charge in [0.1, 0.15) is 22.3 Å². The van der Waals surface area contributed by atoms with Gasteiger partial charge in [-0.25, -0.2) is 4.79 Å². The molecule has 2 amide bonds. The molecule has 1 aromatic heterocycles. The Morgan fingerprint density at radius 3 is 2.27 bits per heavy atom. The molecule has 0 saturated carbocycles. The van der Waals surface area contributed by atoms with E-state index in [9.17, 15) is 18.0 Å². The fraction of sp³-hybridized carbons (Fsp3) is 0.324. The molecule has 45 heavy (non-hydrogen) atoms. The minimum absolute atomic E-state index is 0.0449. The van der Waals surface area contributed by atoms with Crippen molar-refractivity contribution in [1.29, 1.82) is 0 Å². The van der Waals surface area contributed by atoms with Crippen molar-refractivity contribution in [3.8, 4) is 5.75 Å². The molecule has 11 heteroatoms. The summed E-state index contributed by atoms with van der Waals surface area (Å²) < 4.78 is 37.4. The lowest BCUT2D eigenvalue weighted by atomic mass is 10.0. The maximum atomic E-state index is 13.9. The topological polar surface area (TPSA) is 109 Å². The molecule has 1 atom stereocenters. The van der Waals surface area contributed by atoms with Crippen LogP contribution in [0.5, 0.6) is 5.75 Å². The van der Waals surface area contributed by atoms with Crippen molar-refractivity contribution in [1.82, 2.24) is 14.8 Å². The van der Waals surface area contributed by atoms with Gasteiger partial charge in [0.15, 0.2) is 0 Å². The van der Waals surface area contributed by atoms with Gasteiger partial charge in [0.2, 0.25) is 5.91 Å². The first-order chi connectivity index (χ1) is 21.4. The summed E-state index contributed by atoms with van der Waals surface area (Å²) in [5.74, 6) is -0.0466. The second-order valence-electron chi connectivity index (χ2n) is 12.0. The van der Waals surface area contributed by atoms with E-state index in [1.165, 1.54) is 17.2 Å². The molecule has 3 aromatic carbocycles. The van der Waals surface area contributed by atoms with Gasteiger partial charge in [-0.3, -0.25) is 14.7 Å². The molecule has 0 spiro atoms. The number of aromatic nitrogens is 1. The van der Waals surface area contributed by atoms with Crippen LogP contribution in [0.4, 0.5) is 10.5 Å². The van der Waals surface area contributed by atoms with Crippen LogP contribution in [-0.2, 0) is 26.1 Å². The maximum Gasteiger partial charge on any atom is 0.410 e. The Labute approximate surface area is 264 Å². The van der Waals surface area contributed by atoms with Crippen molar-refractivity contribution >= 4 is 38.6 Å². The summed E-state index contributed by atoms with van der Waals surface area (Å²) in [5, 5.41) is 1.20. The Hall–Kier alpha value is -4.64. The molecule has 1 saturated heterocycles. The summed E-state index contributed by atoms with van der Waals surface area (Å²) >= 11 is 0. The van der Waals surface area contributed by atoms with Gasteiger partial charge in [-0.2, -0.15) is 8.42 Å². The predicted molar refractivity (Wildman–Crippen MR) is 173 cm³/mol. The van der Waals surface area contributed by atoms with Crippen LogP contribution in [0.15, 0.2) is 96.2 Å². The molecule has 1 fully saturated rings. The summed E-state index contributed by atoms with van der Waals surface area (Å²) in [5.41, 5.74) is 1.10. The molecule has 0 N–H and O–H groups in total. The zero-order valence-corrected chi connectivity index (χ0v) is 26.7. The lowest BCUT2D eigenvalue weighted by Gasteiger charge is -2.39. The molecule has 5 rings (SSSR count). The molecule has 1 aliphatic heterocycles. The Morgan fingerprint density at radius 1 is 0.911 bits per heavy atom. The first-order valence-electron chi connectivity index (χ1n) is 14.8. The van der Waals surface area contributed by atoms with E-state index in [2.05, 4.69) is 22.0 Å². The third-order valence-electron chi connectivity index (χ3n) is 7.62. The molecular weight excluding hydrogens is 592 g/mol. The number of nitrogens with zero attached hydrogens (tertiary/aromatic N) is 4. The van der Waals surface area contributed by atoms with Gasteiger partial charge < -0.3 is 18.7 Å². The third kappa shape index (κ3) is 7.72. The second-order valence-corrected chi connectivity index (χ2v) is 13.5. The fourth-order valence-electron chi connectivity index (χ4n) is 5.27. The average Bonchev–Trinajstić information content (AvgIpc) is 3.03. The number of hydrogen-bond donors (Lipinski definition) is 0. The Morgan fingerprint density at radius 2 is 1.60 bits per heavy atom. The number of amides is 2. The van der Waals surface area contributed by atoms with Crippen LogP contribution in [0.1, 0.15) is 26.3 Å². The highest BCUT2D eigenvalue weighted by Gasteiger charge is 2.34. The number of fused-ring (bicyclic) bond motifs is 1. The normalized spacial score (nSPS) is 14.6. The first kappa shape index (κ1) is 31.8. The van der Waals surface area contributed by atoms with Crippen LogP contribution >= 0.6 is 0 Å². The van der Waals surface area contributed by atoms with Crippen molar-refractivity contribution in [3.05, 3.63) is 96.8 Å². The van der Waals surface area contributed by atoms with E-state index in [0.29, 0.717) is 37.0 Å². The average molecular weight is 631 g/mol. The van der Waals surface area contributed by atoms with E-state index >= 15 is 0 Å². The number of anilines is 1. The number of benzene rings is 3. The van der Waals surface area contributed by atoms with Crippen molar-refractivity contribution in [2.75, 3.05) is 38.1 Å². The highest BCUT2D eigenvalue weighted by Crippen LogP contribution is 2.26. The van der Waals surface area contributed by atoms with E-state index in [4.69, 9.17) is 8.92 Å². The number of pyridine rings is 1. The number of carbonyl (C=O) groups excluding carboxylic acids is 2. The lowest BCUT2D eigenvalue weighted by Crippen LogP contribution is -2.56. The smallest absolute Gasteiger partial charge is 0.410 e. The van der Waals surface area contributed by atoms with Gasteiger partial charge in [0, 0.05) is 68.5 Å². The molecule has 0 radical (unpaired) electrons. The zero-order chi connectivity index (χ0) is 32.2. The number of hydrogen-bond acceptors (Lipinski definition) is 8. The number of piperazine rings is 1. The molecular formula is C34H38N4O6S. The third-order valence-corrected chi connectivity index (χ3v) is 8.92. The molecule has 2 heterocycles. The van der Waals surface area contributed by atoms with E-state index in [0.717, 1.165) is 11.3 Å². The largest absolute Gasteiger partial charge is 0.444 e. The summed E-state index contributed by atoms with van der Waals surface area (Å²) in [7, 11) is -2.56. The van der Waals surface area contributed by atoms with Gasteiger partial charge in [0.25, 0.3) is 0 Å². The van der Waals surface area contributed by atoms with E-state index in [1.807, 2.05) is 18.2 Å².